The van der Waals surface area contributed by atoms with Gasteiger partial charge in [0.05, 0.1) is 7.11 Å². The number of hydrogen-bond acceptors (Lipinski definition) is 2. The highest BCUT2D eigenvalue weighted by Crippen LogP contribution is 2.30. The van der Waals surface area contributed by atoms with E-state index in [1.807, 2.05) is 0 Å². The first-order chi connectivity index (χ1) is 7.39. The van der Waals surface area contributed by atoms with Crippen molar-refractivity contribution in [3.05, 3.63) is 29.3 Å². The van der Waals surface area contributed by atoms with Gasteiger partial charge in [0.15, 0.2) is 0 Å². The molecule has 1 aromatic rings. The van der Waals surface area contributed by atoms with Crippen LogP contribution >= 0.6 is 0 Å². The SMILES string of the molecule is COc1cc(F)cc(F)c1CC(C)(C)CO. The van der Waals surface area contributed by atoms with E-state index in [1.54, 1.807) is 13.8 Å². The van der Waals surface area contributed by atoms with Crippen LogP contribution in [0.2, 0.25) is 0 Å². The molecule has 0 spiro atoms. The molecule has 16 heavy (non-hydrogen) atoms. The van der Waals surface area contributed by atoms with Gasteiger partial charge in [0.2, 0.25) is 0 Å². The number of halogens is 2. The van der Waals surface area contributed by atoms with Crippen LogP contribution in [0.15, 0.2) is 12.1 Å². The monoisotopic (exact) mass is 230 g/mol. The Morgan fingerprint density at radius 1 is 1.31 bits per heavy atom. The van der Waals surface area contributed by atoms with Gasteiger partial charge in [-0.15, -0.1) is 0 Å². The van der Waals surface area contributed by atoms with Crippen LogP contribution in [0, 0.1) is 17.0 Å². The molecule has 4 heteroatoms. The first-order valence-corrected chi connectivity index (χ1v) is 5.02. The van der Waals surface area contributed by atoms with Crippen molar-refractivity contribution < 1.29 is 18.6 Å². The van der Waals surface area contributed by atoms with Crippen molar-refractivity contribution in [2.75, 3.05) is 13.7 Å². The minimum absolute atomic E-state index is 0.0764. The zero-order valence-electron chi connectivity index (χ0n) is 9.68. The second-order valence-electron chi connectivity index (χ2n) is 4.57. The highest BCUT2D eigenvalue weighted by molar-refractivity contribution is 5.36. The summed E-state index contributed by atoms with van der Waals surface area (Å²) in [5.41, 5.74) is -0.172. The van der Waals surface area contributed by atoms with Crippen molar-refractivity contribution >= 4 is 0 Å². The third-order valence-electron chi connectivity index (χ3n) is 2.42. The number of hydrogen-bond donors (Lipinski definition) is 1. The minimum Gasteiger partial charge on any atom is -0.496 e. The van der Waals surface area contributed by atoms with Crippen LogP contribution < -0.4 is 4.74 Å². The molecule has 0 aromatic heterocycles. The zero-order valence-corrected chi connectivity index (χ0v) is 9.68. The van der Waals surface area contributed by atoms with Gasteiger partial charge >= 0.3 is 0 Å². The second-order valence-corrected chi connectivity index (χ2v) is 4.57. The van der Waals surface area contributed by atoms with Crippen LogP contribution in [0.4, 0.5) is 8.78 Å². The molecule has 0 unspecified atom stereocenters. The van der Waals surface area contributed by atoms with Gasteiger partial charge in [-0.3, -0.25) is 0 Å². The van der Waals surface area contributed by atoms with Crippen LogP contribution in [0.5, 0.6) is 5.75 Å². The van der Waals surface area contributed by atoms with Crippen molar-refractivity contribution in [3.8, 4) is 5.75 Å². The van der Waals surface area contributed by atoms with Gasteiger partial charge in [-0.25, -0.2) is 8.78 Å². The number of rotatable bonds is 4. The highest BCUT2D eigenvalue weighted by atomic mass is 19.1. The largest absolute Gasteiger partial charge is 0.496 e. The number of aliphatic hydroxyl groups excluding tert-OH is 1. The fourth-order valence-electron chi connectivity index (χ4n) is 1.47. The lowest BCUT2D eigenvalue weighted by molar-refractivity contribution is 0.157. The molecule has 1 rings (SSSR count). The number of ether oxygens (including phenoxy) is 1. The summed E-state index contributed by atoms with van der Waals surface area (Å²) in [5, 5.41) is 9.13. The Morgan fingerprint density at radius 3 is 2.44 bits per heavy atom. The average molecular weight is 230 g/mol. The second kappa shape index (κ2) is 4.78. The summed E-state index contributed by atoms with van der Waals surface area (Å²) in [4.78, 5) is 0. The third kappa shape index (κ3) is 2.92. The normalized spacial score (nSPS) is 11.6. The molecule has 0 amide bonds. The van der Waals surface area contributed by atoms with E-state index in [1.165, 1.54) is 7.11 Å². The van der Waals surface area contributed by atoms with Crippen LogP contribution in [-0.2, 0) is 6.42 Å². The van der Waals surface area contributed by atoms with E-state index >= 15 is 0 Å². The number of aliphatic hydroxyl groups is 1. The maximum absolute atomic E-state index is 13.6. The maximum atomic E-state index is 13.6. The first kappa shape index (κ1) is 12.9. The summed E-state index contributed by atoms with van der Waals surface area (Å²) in [6.07, 6.45) is 0.290. The van der Waals surface area contributed by atoms with E-state index in [-0.39, 0.29) is 12.4 Å². The van der Waals surface area contributed by atoms with Gasteiger partial charge in [-0.1, -0.05) is 13.8 Å². The van der Waals surface area contributed by atoms with Crippen molar-refractivity contribution in [3.63, 3.8) is 0 Å². The van der Waals surface area contributed by atoms with Gasteiger partial charge in [-0.05, 0) is 11.8 Å². The molecule has 1 N–H and O–H groups in total. The lowest BCUT2D eigenvalue weighted by Gasteiger charge is -2.23. The van der Waals surface area contributed by atoms with Crippen molar-refractivity contribution in [2.24, 2.45) is 5.41 Å². The van der Waals surface area contributed by atoms with Crippen LogP contribution in [-0.4, -0.2) is 18.8 Å². The van der Waals surface area contributed by atoms with E-state index in [9.17, 15) is 8.78 Å². The zero-order chi connectivity index (χ0) is 12.3. The standard InChI is InChI=1S/C12H16F2O2/c1-12(2,7-15)6-9-10(14)4-8(13)5-11(9)16-3/h4-5,15H,6-7H2,1-3H3. The molecule has 0 atom stereocenters. The summed E-state index contributed by atoms with van der Waals surface area (Å²) in [6.45, 7) is 3.53. The topological polar surface area (TPSA) is 29.5 Å². The predicted molar refractivity (Wildman–Crippen MR) is 57.5 cm³/mol. The molecule has 0 bridgehead atoms. The molecular formula is C12H16F2O2. The molecule has 0 aliphatic heterocycles. The fourth-order valence-corrected chi connectivity index (χ4v) is 1.47. The Bertz CT molecular complexity index is 376. The Morgan fingerprint density at radius 2 is 1.94 bits per heavy atom. The van der Waals surface area contributed by atoms with Crippen molar-refractivity contribution in [1.29, 1.82) is 0 Å². The third-order valence-corrected chi connectivity index (χ3v) is 2.42. The lowest BCUT2D eigenvalue weighted by Crippen LogP contribution is -2.21. The molecule has 0 aliphatic rings. The van der Waals surface area contributed by atoms with Gasteiger partial charge in [-0.2, -0.15) is 0 Å². The van der Waals surface area contributed by atoms with Crippen LogP contribution in [0.3, 0.4) is 0 Å². The van der Waals surface area contributed by atoms with E-state index < -0.39 is 17.0 Å². The molecule has 0 heterocycles. The van der Waals surface area contributed by atoms with E-state index in [0.717, 1.165) is 12.1 Å². The molecule has 90 valence electrons. The van der Waals surface area contributed by atoms with Gasteiger partial charge in [0, 0.05) is 24.3 Å². The molecule has 1 aromatic carbocycles. The van der Waals surface area contributed by atoms with Crippen LogP contribution in [0.25, 0.3) is 0 Å². The van der Waals surface area contributed by atoms with E-state index in [4.69, 9.17) is 9.84 Å². The molecule has 0 aliphatic carbocycles. The van der Waals surface area contributed by atoms with E-state index in [0.29, 0.717) is 12.0 Å². The van der Waals surface area contributed by atoms with Crippen molar-refractivity contribution in [1.82, 2.24) is 0 Å². The molecule has 0 saturated heterocycles. The molecule has 0 fully saturated rings. The van der Waals surface area contributed by atoms with Gasteiger partial charge < -0.3 is 9.84 Å². The quantitative estimate of drug-likeness (QED) is 0.861. The molecule has 0 saturated carbocycles. The Balaban J connectivity index is 3.12. The summed E-state index contributed by atoms with van der Waals surface area (Å²) < 4.78 is 31.4. The van der Waals surface area contributed by atoms with Gasteiger partial charge in [0.1, 0.15) is 17.4 Å². The summed E-state index contributed by atoms with van der Waals surface area (Å²) in [6, 6.07) is 1.97. The maximum Gasteiger partial charge on any atom is 0.133 e. The average Bonchev–Trinajstić information content (AvgIpc) is 2.21. The van der Waals surface area contributed by atoms with Crippen LogP contribution in [0.1, 0.15) is 19.4 Å². The molecule has 2 nitrogen and oxygen atoms in total. The summed E-state index contributed by atoms with van der Waals surface area (Å²) in [5.74, 6) is -1.13. The molecule has 0 radical (unpaired) electrons. The van der Waals surface area contributed by atoms with E-state index in [2.05, 4.69) is 0 Å². The number of benzene rings is 1. The van der Waals surface area contributed by atoms with Gasteiger partial charge in [0.25, 0.3) is 0 Å². The Kier molecular flexibility index (Phi) is 3.86. The fraction of sp³-hybridized carbons (Fsp3) is 0.500. The highest BCUT2D eigenvalue weighted by Gasteiger charge is 2.22. The van der Waals surface area contributed by atoms with Crippen molar-refractivity contribution in [2.45, 2.75) is 20.3 Å². The lowest BCUT2D eigenvalue weighted by atomic mass is 9.86. The smallest absolute Gasteiger partial charge is 0.133 e. The minimum atomic E-state index is -0.667. The summed E-state index contributed by atoms with van der Waals surface area (Å²) in [7, 11) is 1.36. The predicted octanol–water partition coefficient (Wildman–Crippen LogP) is 2.53. The Hall–Kier alpha value is -1.16. The first-order valence-electron chi connectivity index (χ1n) is 5.02. The Labute approximate surface area is 93.9 Å². The summed E-state index contributed by atoms with van der Waals surface area (Å²) >= 11 is 0. The number of methoxy groups -OCH3 is 1. The molecular weight excluding hydrogens is 214 g/mol.